The van der Waals surface area contributed by atoms with E-state index in [4.69, 9.17) is 0 Å². The number of rotatable bonds is 3. The van der Waals surface area contributed by atoms with E-state index < -0.39 is 77.9 Å². The Hall–Kier alpha value is -2.62. The summed E-state index contributed by atoms with van der Waals surface area (Å²) in [5.74, 6) is -14.4. The molecule has 3 rings (SSSR count). The first-order chi connectivity index (χ1) is 13.1. The first kappa shape index (κ1) is 20.1. The van der Waals surface area contributed by atoms with Gasteiger partial charge in [-0.2, -0.15) is 0 Å². The van der Waals surface area contributed by atoms with Crippen molar-refractivity contribution in [3.8, 4) is 0 Å². The first-order valence-corrected chi connectivity index (χ1v) is 8.50. The van der Waals surface area contributed by atoms with E-state index in [1.54, 1.807) is 0 Å². The molecule has 0 saturated carbocycles. The molecule has 0 aliphatic heterocycles. The summed E-state index contributed by atoms with van der Waals surface area (Å²) in [7, 11) is -2.86. The van der Waals surface area contributed by atoms with Crippen LogP contribution < -0.4 is 0 Å². The van der Waals surface area contributed by atoms with Crippen molar-refractivity contribution >= 4 is 10.9 Å². The summed E-state index contributed by atoms with van der Waals surface area (Å²) in [6.07, 6.45) is 0. The van der Waals surface area contributed by atoms with Crippen LogP contribution in [0.4, 0.5) is 39.5 Å². The van der Waals surface area contributed by atoms with Crippen molar-refractivity contribution < 1.29 is 39.5 Å². The first-order valence-electron chi connectivity index (χ1n) is 7.28. The zero-order valence-electron chi connectivity index (χ0n) is 13.3. The summed E-state index contributed by atoms with van der Waals surface area (Å²) < 4.78 is 126. The molecule has 0 fully saturated rings. The van der Waals surface area contributed by atoms with Crippen molar-refractivity contribution in [2.24, 2.45) is 0 Å². The lowest BCUT2D eigenvalue weighted by atomic mass is 10.3. The second-order valence-corrected chi connectivity index (χ2v) is 7.24. The van der Waals surface area contributed by atoms with Gasteiger partial charge in [0, 0.05) is 36.4 Å². The summed E-state index contributed by atoms with van der Waals surface area (Å²) in [6, 6.07) is 0.816. The van der Waals surface area contributed by atoms with Gasteiger partial charge in [-0.05, 0) is 0 Å². The fraction of sp³-hybridized carbons (Fsp3) is 0. The Bertz CT molecular complexity index is 875. The second-order valence-electron chi connectivity index (χ2n) is 5.40. The van der Waals surface area contributed by atoms with E-state index in [0.29, 0.717) is 0 Å². The predicted molar refractivity (Wildman–Crippen MR) is 81.1 cm³/mol. The highest BCUT2D eigenvalue weighted by molar-refractivity contribution is 7.97. The van der Waals surface area contributed by atoms with Gasteiger partial charge in [0.2, 0.25) is 14.7 Å². The van der Waals surface area contributed by atoms with Crippen molar-refractivity contribution in [3.63, 3.8) is 0 Å². The molecule has 0 spiro atoms. The molecule has 0 bridgehead atoms. The van der Waals surface area contributed by atoms with E-state index in [0.717, 1.165) is 0 Å². The highest BCUT2D eigenvalue weighted by Crippen LogP contribution is 2.40. The fourth-order valence-corrected chi connectivity index (χ4v) is 4.61. The SMILES string of the molecule is Fc1cc(F)c([S+](c2c(F)cc(F)cc2F)c2c(F)cc(F)cc2F)c(F)c1. The number of benzene rings is 3. The molecule has 0 aromatic heterocycles. The van der Waals surface area contributed by atoms with Gasteiger partial charge in [-0.3, -0.25) is 0 Å². The lowest BCUT2D eigenvalue weighted by Gasteiger charge is -2.12. The molecule has 0 nitrogen and oxygen atoms in total. The number of hydrogen-bond donors (Lipinski definition) is 0. The quantitative estimate of drug-likeness (QED) is 0.355. The molecule has 0 aliphatic carbocycles. The molecule has 0 atom stereocenters. The Balaban J connectivity index is 2.45. The van der Waals surface area contributed by atoms with Crippen LogP contribution >= 0.6 is 0 Å². The highest BCUT2D eigenvalue weighted by atomic mass is 32.2. The Labute approximate surface area is 154 Å². The third-order valence-electron chi connectivity index (χ3n) is 3.50. The van der Waals surface area contributed by atoms with E-state index in [-0.39, 0.29) is 36.4 Å². The number of hydrogen-bond acceptors (Lipinski definition) is 0. The van der Waals surface area contributed by atoms with Gasteiger partial charge in [-0.15, -0.1) is 0 Å². The van der Waals surface area contributed by atoms with Gasteiger partial charge in [0.25, 0.3) is 0 Å². The highest BCUT2D eigenvalue weighted by Gasteiger charge is 2.45. The fourth-order valence-electron chi connectivity index (χ4n) is 2.48. The minimum absolute atomic E-state index is 0.136. The molecule has 10 heteroatoms. The van der Waals surface area contributed by atoms with Gasteiger partial charge in [0.15, 0.2) is 34.9 Å². The van der Waals surface area contributed by atoms with Crippen LogP contribution in [0.25, 0.3) is 0 Å². The molecule has 3 aromatic rings. The minimum atomic E-state index is -2.86. The lowest BCUT2D eigenvalue weighted by Crippen LogP contribution is -2.17. The Morgan fingerprint density at radius 3 is 0.714 bits per heavy atom. The van der Waals surface area contributed by atoms with Crippen LogP contribution in [0, 0.1) is 52.4 Å². The predicted octanol–water partition coefficient (Wildman–Crippen LogP) is 6.03. The van der Waals surface area contributed by atoms with Gasteiger partial charge >= 0.3 is 0 Å². The van der Waals surface area contributed by atoms with Crippen molar-refractivity contribution in [2.75, 3.05) is 0 Å². The largest absolute Gasteiger partial charge is 0.238 e. The zero-order valence-corrected chi connectivity index (χ0v) is 14.1. The zero-order chi connectivity index (χ0) is 20.7. The Kier molecular flexibility index (Phi) is 5.33. The molecule has 28 heavy (non-hydrogen) atoms. The van der Waals surface area contributed by atoms with Crippen LogP contribution in [-0.4, -0.2) is 0 Å². The average molecular weight is 425 g/mol. The van der Waals surface area contributed by atoms with E-state index >= 15 is 0 Å². The molecule has 0 saturated heterocycles. The smallest absolute Gasteiger partial charge is 0.207 e. The topological polar surface area (TPSA) is 0 Å². The average Bonchev–Trinajstić information content (AvgIpc) is 2.51. The van der Waals surface area contributed by atoms with Crippen LogP contribution in [0.1, 0.15) is 0 Å². The van der Waals surface area contributed by atoms with Crippen molar-refractivity contribution in [3.05, 3.63) is 88.8 Å². The number of halogens is 9. The van der Waals surface area contributed by atoms with Crippen LogP contribution in [0.5, 0.6) is 0 Å². The molecule has 0 N–H and O–H groups in total. The molecule has 0 aliphatic rings. The second kappa shape index (κ2) is 7.42. The van der Waals surface area contributed by atoms with Crippen LogP contribution in [0.15, 0.2) is 51.1 Å². The molecular weight excluding hydrogens is 419 g/mol. The monoisotopic (exact) mass is 425 g/mol. The lowest BCUT2D eigenvalue weighted by molar-refractivity contribution is 0.493. The van der Waals surface area contributed by atoms with Crippen molar-refractivity contribution in [2.45, 2.75) is 14.7 Å². The van der Waals surface area contributed by atoms with E-state index in [1.807, 2.05) is 0 Å². The maximum Gasteiger partial charge on any atom is 0.238 e. The Morgan fingerprint density at radius 2 is 0.536 bits per heavy atom. The molecule has 0 amide bonds. The normalized spacial score (nSPS) is 11.4. The molecule has 3 aromatic carbocycles. The van der Waals surface area contributed by atoms with E-state index in [2.05, 4.69) is 0 Å². The summed E-state index contributed by atoms with van der Waals surface area (Å²) in [4.78, 5) is -3.85. The van der Waals surface area contributed by atoms with Gasteiger partial charge in [0.05, 0.1) is 0 Å². The standard InChI is InChI=1S/C18H6F9S/c19-7-1-10(22)16(11(23)2-7)28(17-12(24)3-8(20)4-13(17)25)18-14(26)5-9(21)6-15(18)27/h1-6H/q+1. The van der Waals surface area contributed by atoms with Gasteiger partial charge < -0.3 is 0 Å². The van der Waals surface area contributed by atoms with Gasteiger partial charge in [0.1, 0.15) is 28.3 Å². The molecule has 146 valence electrons. The summed E-state index contributed by atoms with van der Waals surface area (Å²) in [5.41, 5.74) is 0. The summed E-state index contributed by atoms with van der Waals surface area (Å²) in [6.45, 7) is 0. The third-order valence-corrected chi connectivity index (χ3v) is 5.90. The molecule has 0 heterocycles. The van der Waals surface area contributed by atoms with E-state index in [9.17, 15) is 39.5 Å². The van der Waals surface area contributed by atoms with Gasteiger partial charge in [-0.1, -0.05) is 0 Å². The van der Waals surface area contributed by atoms with Gasteiger partial charge in [-0.25, -0.2) is 39.5 Å². The van der Waals surface area contributed by atoms with Crippen molar-refractivity contribution in [1.82, 2.24) is 0 Å². The summed E-state index contributed by atoms with van der Waals surface area (Å²) in [5, 5.41) is 0. The third kappa shape index (κ3) is 3.56. The molecule has 0 radical (unpaired) electrons. The van der Waals surface area contributed by atoms with Crippen LogP contribution in [-0.2, 0) is 10.9 Å². The van der Waals surface area contributed by atoms with E-state index in [1.165, 1.54) is 0 Å². The summed E-state index contributed by atoms with van der Waals surface area (Å²) >= 11 is 0. The molecular formula is C18H6F9S+. The minimum Gasteiger partial charge on any atom is -0.207 e. The Morgan fingerprint density at radius 1 is 0.357 bits per heavy atom. The maximum atomic E-state index is 14.3. The van der Waals surface area contributed by atoms with Crippen LogP contribution in [0.3, 0.4) is 0 Å². The van der Waals surface area contributed by atoms with Crippen LogP contribution in [0.2, 0.25) is 0 Å². The van der Waals surface area contributed by atoms with Crippen molar-refractivity contribution in [1.29, 1.82) is 0 Å². The maximum absolute atomic E-state index is 14.3. The molecule has 0 unspecified atom stereocenters.